The SMILES string of the molecule is Cc1ccc(S(=O)(=O)NNS(=O)(=O)c2cccc(C#N)c2)cc1. The van der Waals surface area contributed by atoms with Gasteiger partial charge in [-0.2, -0.15) is 5.26 Å². The zero-order valence-corrected chi connectivity index (χ0v) is 13.6. The molecule has 0 atom stereocenters. The van der Waals surface area contributed by atoms with Crippen molar-refractivity contribution < 1.29 is 16.8 Å². The maximum Gasteiger partial charge on any atom is 0.254 e. The molecule has 7 nitrogen and oxygen atoms in total. The number of hydrogen-bond donors (Lipinski definition) is 2. The minimum Gasteiger partial charge on any atom is -0.206 e. The standard InChI is InChI=1S/C14H13N3O4S2/c1-11-5-7-13(8-6-11)22(18,19)16-17-23(20,21)14-4-2-3-12(9-14)10-15/h2-9,16-17H,1H3. The van der Waals surface area contributed by atoms with Gasteiger partial charge < -0.3 is 0 Å². The molecule has 0 fully saturated rings. The van der Waals surface area contributed by atoms with Crippen LogP contribution in [-0.4, -0.2) is 16.8 Å². The first kappa shape index (κ1) is 17.1. The summed E-state index contributed by atoms with van der Waals surface area (Å²) in [7, 11) is -8.17. The van der Waals surface area contributed by atoms with E-state index in [0.29, 0.717) is 0 Å². The summed E-state index contributed by atoms with van der Waals surface area (Å²) in [6.45, 7) is 1.80. The van der Waals surface area contributed by atoms with Gasteiger partial charge in [-0.3, -0.25) is 0 Å². The van der Waals surface area contributed by atoms with Crippen LogP contribution in [0.25, 0.3) is 0 Å². The second-order valence-corrected chi connectivity index (χ2v) is 8.03. The fourth-order valence-corrected chi connectivity index (χ4v) is 3.83. The number of nitriles is 1. The summed E-state index contributed by atoms with van der Waals surface area (Å²) in [6.07, 6.45) is 0. The fourth-order valence-electron chi connectivity index (χ4n) is 1.68. The highest BCUT2D eigenvalue weighted by Crippen LogP contribution is 2.12. The van der Waals surface area contributed by atoms with Gasteiger partial charge in [0.2, 0.25) is 0 Å². The van der Waals surface area contributed by atoms with E-state index in [1.807, 2.05) is 10.9 Å². The van der Waals surface area contributed by atoms with Crippen molar-refractivity contribution in [3.8, 4) is 6.07 Å². The predicted molar refractivity (Wildman–Crippen MR) is 83.0 cm³/mol. The van der Waals surface area contributed by atoms with Gasteiger partial charge in [0.25, 0.3) is 20.0 Å². The fraction of sp³-hybridized carbons (Fsp3) is 0.0714. The van der Waals surface area contributed by atoms with Gasteiger partial charge in [-0.05, 0) is 37.3 Å². The lowest BCUT2D eigenvalue weighted by molar-refractivity contribution is 0.557. The molecule has 0 amide bonds. The summed E-state index contributed by atoms with van der Waals surface area (Å²) in [5.74, 6) is 0. The third-order valence-corrected chi connectivity index (χ3v) is 5.55. The highest BCUT2D eigenvalue weighted by molar-refractivity contribution is 7.92. The van der Waals surface area contributed by atoms with Gasteiger partial charge in [-0.25, -0.2) is 16.8 Å². The van der Waals surface area contributed by atoms with Gasteiger partial charge in [-0.1, -0.05) is 23.8 Å². The Morgan fingerprint density at radius 2 is 1.43 bits per heavy atom. The van der Waals surface area contributed by atoms with Crippen molar-refractivity contribution in [1.29, 1.82) is 5.26 Å². The molecular weight excluding hydrogens is 338 g/mol. The topological polar surface area (TPSA) is 116 Å². The molecule has 0 aliphatic heterocycles. The first-order valence-electron chi connectivity index (χ1n) is 6.35. The van der Waals surface area contributed by atoms with Crippen LogP contribution in [0, 0.1) is 18.3 Å². The second-order valence-electron chi connectivity index (χ2n) is 4.66. The number of nitrogens with zero attached hydrogens (tertiary/aromatic N) is 1. The Labute approximate surface area is 134 Å². The first-order valence-corrected chi connectivity index (χ1v) is 9.32. The van der Waals surface area contributed by atoms with Crippen molar-refractivity contribution in [2.45, 2.75) is 16.7 Å². The summed E-state index contributed by atoms with van der Waals surface area (Å²) >= 11 is 0. The molecule has 0 saturated heterocycles. The molecule has 120 valence electrons. The number of aryl methyl sites for hydroxylation is 1. The molecule has 0 radical (unpaired) electrons. The lowest BCUT2D eigenvalue weighted by Gasteiger charge is -2.09. The zero-order valence-electron chi connectivity index (χ0n) is 12.0. The largest absolute Gasteiger partial charge is 0.254 e. The third kappa shape index (κ3) is 4.14. The molecule has 2 aromatic rings. The van der Waals surface area contributed by atoms with Crippen LogP contribution in [-0.2, 0) is 20.0 Å². The van der Waals surface area contributed by atoms with Crippen molar-refractivity contribution in [3.05, 3.63) is 59.7 Å². The van der Waals surface area contributed by atoms with Crippen molar-refractivity contribution >= 4 is 20.0 Å². The molecule has 2 rings (SSSR count). The van der Waals surface area contributed by atoms with Gasteiger partial charge in [0.1, 0.15) is 0 Å². The molecule has 0 bridgehead atoms. The summed E-state index contributed by atoms with van der Waals surface area (Å²) in [5, 5.41) is 8.78. The summed E-state index contributed by atoms with van der Waals surface area (Å²) in [4.78, 5) is 3.34. The van der Waals surface area contributed by atoms with E-state index in [1.165, 1.54) is 30.3 Å². The van der Waals surface area contributed by atoms with Gasteiger partial charge >= 0.3 is 0 Å². The smallest absolute Gasteiger partial charge is 0.206 e. The molecule has 0 aliphatic carbocycles. The average Bonchev–Trinajstić information content (AvgIpc) is 2.54. The van der Waals surface area contributed by atoms with E-state index in [0.717, 1.165) is 11.6 Å². The second kappa shape index (κ2) is 6.47. The number of rotatable bonds is 5. The molecule has 0 aliphatic rings. The van der Waals surface area contributed by atoms with Crippen molar-refractivity contribution in [2.24, 2.45) is 0 Å². The minimum absolute atomic E-state index is 0.0726. The predicted octanol–water partition coefficient (Wildman–Crippen LogP) is 1.04. The lowest BCUT2D eigenvalue weighted by Crippen LogP contribution is -2.41. The lowest BCUT2D eigenvalue weighted by atomic mass is 10.2. The van der Waals surface area contributed by atoms with E-state index in [9.17, 15) is 16.8 Å². The van der Waals surface area contributed by atoms with Gasteiger partial charge in [0.05, 0.1) is 21.4 Å². The Morgan fingerprint density at radius 1 is 0.870 bits per heavy atom. The number of nitrogens with one attached hydrogen (secondary N) is 2. The molecule has 0 heterocycles. The molecule has 0 saturated carbocycles. The molecule has 2 aromatic carbocycles. The summed E-state index contributed by atoms with van der Waals surface area (Å²) in [6, 6.07) is 13.0. The van der Waals surface area contributed by atoms with Crippen molar-refractivity contribution in [1.82, 2.24) is 9.66 Å². The van der Waals surface area contributed by atoms with Crippen LogP contribution in [0.5, 0.6) is 0 Å². The number of hydrazine groups is 1. The molecule has 2 N–H and O–H groups in total. The van der Waals surface area contributed by atoms with E-state index in [4.69, 9.17) is 5.26 Å². The van der Waals surface area contributed by atoms with Crippen molar-refractivity contribution in [3.63, 3.8) is 0 Å². The third-order valence-electron chi connectivity index (χ3n) is 2.92. The van der Waals surface area contributed by atoms with Crippen LogP contribution < -0.4 is 9.66 Å². The van der Waals surface area contributed by atoms with Crippen LogP contribution in [0.1, 0.15) is 11.1 Å². The number of sulfonamides is 2. The van der Waals surface area contributed by atoms with E-state index in [-0.39, 0.29) is 15.4 Å². The maximum absolute atomic E-state index is 12.1. The normalized spacial score (nSPS) is 11.8. The Balaban J connectivity index is 2.21. The monoisotopic (exact) mass is 351 g/mol. The van der Waals surface area contributed by atoms with Crippen LogP contribution in [0.3, 0.4) is 0 Å². The van der Waals surface area contributed by atoms with Gasteiger partial charge in [0, 0.05) is 0 Å². The van der Waals surface area contributed by atoms with E-state index in [2.05, 4.69) is 0 Å². The van der Waals surface area contributed by atoms with Crippen LogP contribution in [0.4, 0.5) is 0 Å². The summed E-state index contributed by atoms with van der Waals surface area (Å²) in [5.41, 5.74) is 1.02. The van der Waals surface area contributed by atoms with E-state index in [1.54, 1.807) is 23.9 Å². The molecule has 0 aromatic heterocycles. The molecule has 0 unspecified atom stereocenters. The van der Waals surface area contributed by atoms with Crippen LogP contribution in [0.15, 0.2) is 58.3 Å². The van der Waals surface area contributed by atoms with Crippen LogP contribution in [0.2, 0.25) is 0 Å². The van der Waals surface area contributed by atoms with Gasteiger partial charge in [-0.15, -0.1) is 9.66 Å². The number of benzene rings is 2. The van der Waals surface area contributed by atoms with Crippen molar-refractivity contribution in [2.75, 3.05) is 0 Å². The van der Waals surface area contributed by atoms with Gasteiger partial charge in [0.15, 0.2) is 0 Å². The molecule has 0 spiro atoms. The quantitative estimate of drug-likeness (QED) is 0.781. The number of hydrogen-bond acceptors (Lipinski definition) is 5. The zero-order chi connectivity index (χ0) is 17.1. The average molecular weight is 351 g/mol. The highest BCUT2D eigenvalue weighted by Gasteiger charge is 2.20. The molecule has 9 heteroatoms. The Kier molecular flexibility index (Phi) is 4.82. The first-order chi connectivity index (χ1) is 10.7. The van der Waals surface area contributed by atoms with Crippen LogP contribution >= 0.6 is 0 Å². The molecular formula is C14H13N3O4S2. The van der Waals surface area contributed by atoms with E-state index >= 15 is 0 Å². The highest BCUT2D eigenvalue weighted by atomic mass is 32.2. The van der Waals surface area contributed by atoms with E-state index < -0.39 is 20.0 Å². The molecule has 23 heavy (non-hydrogen) atoms. The Morgan fingerprint density at radius 3 is 2.00 bits per heavy atom. The minimum atomic E-state index is -4.13. The Bertz CT molecular complexity index is 960. The summed E-state index contributed by atoms with van der Waals surface area (Å²) < 4.78 is 48.3. The Hall–Kier alpha value is -2.25. The maximum atomic E-state index is 12.1.